The van der Waals surface area contributed by atoms with Gasteiger partial charge >= 0.3 is 0 Å². The Kier molecular flexibility index (Phi) is 6.74. The summed E-state index contributed by atoms with van der Waals surface area (Å²) in [4.78, 5) is 0. The average molecular weight is 343 g/mol. The molecule has 6 atom stereocenters. The van der Waals surface area contributed by atoms with Crippen LogP contribution < -0.4 is 0 Å². The van der Waals surface area contributed by atoms with Gasteiger partial charge in [0.25, 0.3) is 0 Å². The van der Waals surface area contributed by atoms with E-state index in [1.54, 1.807) is 0 Å². The van der Waals surface area contributed by atoms with Crippen molar-refractivity contribution in [3.05, 3.63) is 0 Å². The van der Waals surface area contributed by atoms with E-state index >= 15 is 0 Å². The Hall–Kier alpha value is -0.160. The van der Waals surface area contributed by atoms with Gasteiger partial charge < -0.3 is 19.7 Å². The second-order valence-corrected chi connectivity index (χ2v) is 9.44. The predicted molar refractivity (Wildman–Crippen MR) is 96.0 cm³/mol. The third-order valence-corrected chi connectivity index (χ3v) is 5.45. The van der Waals surface area contributed by atoms with Crippen molar-refractivity contribution in [1.29, 1.82) is 0 Å². The summed E-state index contributed by atoms with van der Waals surface area (Å²) in [6.45, 7) is 11.1. The van der Waals surface area contributed by atoms with Crippen LogP contribution in [0.5, 0.6) is 0 Å². The summed E-state index contributed by atoms with van der Waals surface area (Å²) in [6.07, 6.45) is 6.24. The number of aliphatic hydroxyl groups is 2. The summed E-state index contributed by atoms with van der Waals surface area (Å²) in [7, 11) is 0. The molecule has 0 aliphatic carbocycles. The predicted octanol–water partition coefficient (Wildman–Crippen LogP) is 3.68. The molecule has 2 aliphatic rings. The van der Waals surface area contributed by atoms with Gasteiger partial charge in [0, 0.05) is 25.9 Å². The lowest BCUT2D eigenvalue weighted by atomic mass is 9.82. The van der Waals surface area contributed by atoms with Gasteiger partial charge in [-0.2, -0.15) is 0 Å². The minimum Gasteiger partial charge on any atom is -0.390 e. The van der Waals surface area contributed by atoms with Gasteiger partial charge in [-0.15, -0.1) is 0 Å². The quantitative estimate of drug-likeness (QED) is 0.773. The number of hydrogen-bond acceptors (Lipinski definition) is 4. The van der Waals surface area contributed by atoms with Crippen molar-refractivity contribution < 1.29 is 19.7 Å². The highest BCUT2D eigenvalue weighted by atomic mass is 16.5. The lowest BCUT2D eigenvalue weighted by Crippen LogP contribution is -2.44. The lowest BCUT2D eigenvalue weighted by Gasteiger charge is -2.41. The first-order chi connectivity index (χ1) is 11.0. The van der Waals surface area contributed by atoms with E-state index < -0.39 is 11.2 Å². The van der Waals surface area contributed by atoms with Crippen molar-refractivity contribution in [2.75, 3.05) is 6.61 Å². The molecule has 24 heavy (non-hydrogen) atoms. The molecule has 2 saturated heterocycles. The highest BCUT2D eigenvalue weighted by Gasteiger charge is 2.38. The Morgan fingerprint density at radius 2 is 1.42 bits per heavy atom. The molecule has 2 heterocycles. The fraction of sp³-hybridized carbons (Fsp3) is 1.00. The van der Waals surface area contributed by atoms with Gasteiger partial charge in [0.2, 0.25) is 0 Å². The van der Waals surface area contributed by atoms with E-state index in [1.165, 1.54) is 0 Å². The Labute approximate surface area is 147 Å². The van der Waals surface area contributed by atoms with Crippen molar-refractivity contribution in [1.82, 2.24) is 0 Å². The zero-order chi connectivity index (χ0) is 18.0. The summed E-state index contributed by atoms with van der Waals surface area (Å²) < 4.78 is 12.1. The molecule has 0 radical (unpaired) electrons. The lowest BCUT2D eigenvalue weighted by molar-refractivity contribution is -0.147. The van der Waals surface area contributed by atoms with E-state index in [1.807, 2.05) is 13.8 Å². The van der Waals surface area contributed by atoms with Crippen molar-refractivity contribution in [3.63, 3.8) is 0 Å². The maximum atomic E-state index is 10.6. The summed E-state index contributed by atoms with van der Waals surface area (Å²) in [5.74, 6) is 1.04. The first-order valence-corrected chi connectivity index (χ1v) is 9.76. The van der Waals surface area contributed by atoms with Gasteiger partial charge in [-0.3, -0.25) is 0 Å². The standard InChI is InChI=1S/C20H38O4/c1-14(2)8-17-12-20(5,22)13-18(24-17)10-15(3)9-16-11-19(4,21)6-7-23-16/h14-18,21-22H,6-13H2,1-5H3/t15?,16-,17+,18?,19+,20+/m0/s1. The molecule has 0 aromatic rings. The topological polar surface area (TPSA) is 58.9 Å². The van der Waals surface area contributed by atoms with Crippen molar-refractivity contribution in [2.24, 2.45) is 11.8 Å². The van der Waals surface area contributed by atoms with Crippen LogP contribution in [0.15, 0.2) is 0 Å². The van der Waals surface area contributed by atoms with Crippen molar-refractivity contribution in [3.8, 4) is 0 Å². The Morgan fingerprint density at radius 3 is 2.00 bits per heavy atom. The maximum Gasteiger partial charge on any atom is 0.0669 e. The van der Waals surface area contributed by atoms with Crippen LogP contribution >= 0.6 is 0 Å². The number of ether oxygens (including phenoxy) is 2. The molecule has 0 aromatic carbocycles. The van der Waals surface area contributed by atoms with E-state index in [9.17, 15) is 10.2 Å². The fourth-order valence-electron chi connectivity index (χ4n) is 4.48. The molecule has 0 aromatic heterocycles. The van der Waals surface area contributed by atoms with Gasteiger partial charge in [-0.05, 0) is 51.4 Å². The molecule has 142 valence electrons. The van der Waals surface area contributed by atoms with E-state index in [2.05, 4.69) is 20.8 Å². The minimum absolute atomic E-state index is 0.122. The highest BCUT2D eigenvalue weighted by molar-refractivity contribution is 4.88. The third kappa shape index (κ3) is 6.62. The smallest absolute Gasteiger partial charge is 0.0669 e. The van der Waals surface area contributed by atoms with Crippen molar-refractivity contribution >= 4 is 0 Å². The number of rotatable bonds is 6. The third-order valence-electron chi connectivity index (χ3n) is 5.45. The second-order valence-electron chi connectivity index (χ2n) is 9.44. The molecule has 2 unspecified atom stereocenters. The largest absolute Gasteiger partial charge is 0.390 e. The first-order valence-electron chi connectivity index (χ1n) is 9.76. The normalized spacial score (nSPS) is 42.2. The first kappa shape index (κ1) is 20.2. The summed E-state index contributed by atoms with van der Waals surface area (Å²) in [5.41, 5.74) is -1.21. The molecule has 0 spiro atoms. The van der Waals surface area contributed by atoms with Gasteiger partial charge in [0.15, 0.2) is 0 Å². The van der Waals surface area contributed by atoms with Crippen LogP contribution in [0.25, 0.3) is 0 Å². The zero-order valence-corrected chi connectivity index (χ0v) is 16.3. The number of hydrogen-bond donors (Lipinski definition) is 2. The zero-order valence-electron chi connectivity index (χ0n) is 16.3. The highest BCUT2D eigenvalue weighted by Crippen LogP contribution is 2.35. The van der Waals surface area contributed by atoms with Crippen LogP contribution in [-0.2, 0) is 9.47 Å². The Balaban J connectivity index is 1.84. The van der Waals surface area contributed by atoms with Crippen LogP contribution in [0.4, 0.5) is 0 Å². The molecule has 2 fully saturated rings. The molecule has 0 amide bonds. The fourth-order valence-corrected chi connectivity index (χ4v) is 4.48. The van der Waals surface area contributed by atoms with Crippen LogP contribution in [-0.4, -0.2) is 46.3 Å². The Bertz CT molecular complexity index is 391. The average Bonchev–Trinajstić information content (AvgIpc) is 2.33. The molecule has 2 rings (SSSR count). The Morgan fingerprint density at radius 1 is 0.875 bits per heavy atom. The van der Waals surface area contributed by atoms with Crippen molar-refractivity contribution in [2.45, 2.75) is 109 Å². The van der Waals surface area contributed by atoms with Gasteiger partial charge in [-0.25, -0.2) is 0 Å². The van der Waals surface area contributed by atoms with Crippen LogP contribution in [0.3, 0.4) is 0 Å². The molecule has 0 saturated carbocycles. The van der Waals surface area contributed by atoms with E-state index in [4.69, 9.17) is 9.47 Å². The second kappa shape index (κ2) is 8.03. The van der Waals surface area contributed by atoms with Gasteiger partial charge in [0.1, 0.15) is 0 Å². The van der Waals surface area contributed by atoms with E-state index in [-0.39, 0.29) is 18.3 Å². The minimum atomic E-state index is -0.618. The van der Waals surface area contributed by atoms with Crippen LogP contribution in [0.2, 0.25) is 0 Å². The van der Waals surface area contributed by atoms with Crippen LogP contribution in [0, 0.1) is 11.8 Å². The molecular formula is C20H38O4. The molecule has 2 aliphatic heterocycles. The SMILES string of the molecule is CC(C)C[C@@H]1C[C@@](C)(O)CC(CC(C)C[C@H]2C[C@](C)(O)CCO2)O1. The van der Waals surface area contributed by atoms with Crippen LogP contribution in [0.1, 0.15) is 79.6 Å². The summed E-state index contributed by atoms with van der Waals surface area (Å²) >= 11 is 0. The molecule has 4 heteroatoms. The maximum absolute atomic E-state index is 10.6. The molecule has 2 N–H and O–H groups in total. The summed E-state index contributed by atoms with van der Waals surface area (Å²) in [6, 6.07) is 0. The molecule has 0 bridgehead atoms. The van der Waals surface area contributed by atoms with E-state index in [0.717, 1.165) is 44.9 Å². The summed E-state index contributed by atoms with van der Waals surface area (Å²) in [5, 5.41) is 20.8. The van der Waals surface area contributed by atoms with E-state index in [0.29, 0.717) is 18.4 Å². The molecule has 4 nitrogen and oxygen atoms in total. The van der Waals surface area contributed by atoms with Gasteiger partial charge in [0.05, 0.1) is 29.5 Å². The van der Waals surface area contributed by atoms with Gasteiger partial charge in [-0.1, -0.05) is 20.8 Å². The molecular weight excluding hydrogens is 304 g/mol. The monoisotopic (exact) mass is 342 g/mol.